The molecule has 122 valence electrons. The predicted octanol–water partition coefficient (Wildman–Crippen LogP) is 2.40. The largest absolute Gasteiger partial charge is 0.493 e. The molecule has 0 aliphatic heterocycles. The average molecular weight is 324 g/mol. The van der Waals surface area contributed by atoms with Crippen molar-refractivity contribution < 1.29 is 14.3 Å². The molecule has 0 saturated heterocycles. The summed E-state index contributed by atoms with van der Waals surface area (Å²) in [5, 5.41) is 0.526. The molecule has 0 aliphatic rings. The number of hydrogen-bond donors (Lipinski definition) is 0. The number of methoxy groups -OCH3 is 1. The van der Waals surface area contributed by atoms with Crippen LogP contribution in [0.25, 0.3) is 10.9 Å². The van der Waals surface area contributed by atoms with E-state index in [9.17, 15) is 9.59 Å². The van der Waals surface area contributed by atoms with E-state index >= 15 is 0 Å². The van der Waals surface area contributed by atoms with Crippen molar-refractivity contribution in [2.45, 2.75) is 13.0 Å². The minimum absolute atomic E-state index is 0.0535. The first-order valence-corrected chi connectivity index (χ1v) is 7.47. The van der Waals surface area contributed by atoms with Gasteiger partial charge in [0.1, 0.15) is 0 Å². The van der Waals surface area contributed by atoms with Gasteiger partial charge in [0.25, 0.3) is 5.56 Å². The minimum Gasteiger partial charge on any atom is -0.493 e. The molecular formula is C18H16N2O4. The zero-order chi connectivity index (χ0) is 16.9. The SMILES string of the molecule is COc1ccccc1OC(=O)CCn1cnc2ccccc2c1=O. The van der Waals surface area contributed by atoms with E-state index in [0.717, 1.165) is 0 Å². The van der Waals surface area contributed by atoms with E-state index in [4.69, 9.17) is 9.47 Å². The number of nitrogens with zero attached hydrogens (tertiary/aromatic N) is 2. The maximum Gasteiger partial charge on any atom is 0.313 e. The lowest BCUT2D eigenvalue weighted by Gasteiger charge is -2.09. The summed E-state index contributed by atoms with van der Waals surface area (Å²) >= 11 is 0. The molecule has 6 heteroatoms. The number of para-hydroxylation sites is 3. The van der Waals surface area contributed by atoms with Gasteiger partial charge in [0.15, 0.2) is 11.5 Å². The summed E-state index contributed by atoms with van der Waals surface area (Å²) in [4.78, 5) is 28.6. The quantitative estimate of drug-likeness (QED) is 0.532. The van der Waals surface area contributed by atoms with Gasteiger partial charge in [-0.05, 0) is 24.3 Å². The first-order chi connectivity index (χ1) is 11.7. The number of benzene rings is 2. The van der Waals surface area contributed by atoms with Gasteiger partial charge in [-0.3, -0.25) is 14.2 Å². The molecule has 3 rings (SSSR count). The maximum atomic E-state index is 12.4. The maximum absolute atomic E-state index is 12.4. The molecule has 0 radical (unpaired) electrons. The lowest BCUT2D eigenvalue weighted by atomic mass is 10.2. The molecule has 0 saturated carbocycles. The van der Waals surface area contributed by atoms with Crippen LogP contribution in [0.3, 0.4) is 0 Å². The van der Waals surface area contributed by atoms with Crippen molar-refractivity contribution in [2.24, 2.45) is 0 Å². The average Bonchev–Trinajstić information content (AvgIpc) is 2.62. The van der Waals surface area contributed by atoms with Crippen molar-refractivity contribution in [1.82, 2.24) is 9.55 Å². The number of rotatable bonds is 5. The second-order valence-corrected chi connectivity index (χ2v) is 5.14. The van der Waals surface area contributed by atoms with Gasteiger partial charge in [-0.15, -0.1) is 0 Å². The van der Waals surface area contributed by atoms with E-state index in [2.05, 4.69) is 4.98 Å². The molecule has 0 aliphatic carbocycles. The number of esters is 1. The molecule has 2 aromatic carbocycles. The summed E-state index contributed by atoms with van der Waals surface area (Å²) < 4.78 is 11.8. The second kappa shape index (κ2) is 6.95. The smallest absolute Gasteiger partial charge is 0.313 e. The van der Waals surface area contributed by atoms with Crippen LogP contribution >= 0.6 is 0 Å². The second-order valence-electron chi connectivity index (χ2n) is 5.14. The Hall–Kier alpha value is -3.15. The van der Waals surface area contributed by atoms with Crippen molar-refractivity contribution in [2.75, 3.05) is 7.11 Å². The fraction of sp³-hybridized carbons (Fsp3) is 0.167. The molecule has 0 amide bonds. The van der Waals surface area contributed by atoms with Crippen LogP contribution in [0, 0.1) is 0 Å². The van der Waals surface area contributed by atoms with Gasteiger partial charge >= 0.3 is 5.97 Å². The number of carbonyl (C=O) groups is 1. The number of carbonyl (C=O) groups excluding carboxylic acids is 1. The van der Waals surface area contributed by atoms with Crippen molar-refractivity contribution in [3.8, 4) is 11.5 Å². The Balaban J connectivity index is 1.71. The van der Waals surface area contributed by atoms with Crippen molar-refractivity contribution >= 4 is 16.9 Å². The van der Waals surface area contributed by atoms with Crippen LogP contribution in [0.4, 0.5) is 0 Å². The van der Waals surface area contributed by atoms with E-state index in [0.29, 0.717) is 22.4 Å². The van der Waals surface area contributed by atoms with Crippen LogP contribution < -0.4 is 15.0 Å². The van der Waals surface area contributed by atoms with Crippen LogP contribution in [0.5, 0.6) is 11.5 Å². The van der Waals surface area contributed by atoms with Gasteiger partial charge in [0.2, 0.25) is 0 Å². The lowest BCUT2D eigenvalue weighted by Crippen LogP contribution is -2.23. The Morgan fingerprint density at radius 3 is 2.58 bits per heavy atom. The first kappa shape index (κ1) is 15.7. The first-order valence-electron chi connectivity index (χ1n) is 7.47. The van der Waals surface area contributed by atoms with Gasteiger partial charge in [-0.2, -0.15) is 0 Å². The Morgan fingerprint density at radius 1 is 1.08 bits per heavy atom. The predicted molar refractivity (Wildman–Crippen MR) is 89.2 cm³/mol. The molecule has 0 atom stereocenters. The summed E-state index contributed by atoms with van der Waals surface area (Å²) in [6.45, 7) is 0.199. The van der Waals surface area contributed by atoms with Crippen molar-refractivity contribution in [3.05, 3.63) is 65.2 Å². The highest BCUT2D eigenvalue weighted by Crippen LogP contribution is 2.26. The molecule has 3 aromatic rings. The minimum atomic E-state index is -0.445. The molecule has 24 heavy (non-hydrogen) atoms. The van der Waals surface area contributed by atoms with Crippen molar-refractivity contribution in [3.63, 3.8) is 0 Å². The number of aromatic nitrogens is 2. The highest BCUT2D eigenvalue weighted by molar-refractivity contribution is 5.77. The van der Waals surface area contributed by atoms with Crippen LogP contribution in [-0.2, 0) is 11.3 Å². The third-order valence-electron chi connectivity index (χ3n) is 3.58. The van der Waals surface area contributed by atoms with Crippen LogP contribution in [-0.4, -0.2) is 22.6 Å². The Labute approximate surface area is 138 Å². The highest BCUT2D eigenvalue weighted by atomic mass is 16.6. The summed E-state index contributed by atoms with van der Waals surface area (Å²) in [6.07, 6.45) is 1.50. The molecule has 6 nitrogen and oxygen atoms in total. The molecule has 0 fully saturated rings. The summed E-state index contributed by atoms with van der Waals surface area (Å²) in [7, 11) is 1.51. The van der Waals surface area contributed by atoms with Crippen LogP contribution in [0.2, 0.25) is 0 Å². The fourth-order valence-electron chi connectivity index (χ4n) is 2.35. The van der Waals surface area contributed by atoms with E-state index < -0.39 is 5.97 Å². The van der Waals surface area contributed by atoms with E-state index in [1.807, 2.05) is 6.07 Å². The monoisotopic (exact) mass is 324 g/mol. The summed E-state index contributed by atoms with van der Waals surface area (Å²) in [6, 6.07) is 14.0. The van der Waals surface area contributed by atoms with E-state index in [1.165, 1.54) is 18.0 Å². The highest BCUT2D eigenvalue weighted by Gasteiger charge is 2.11. The number of fused-ring (bicyclic) bond motifs is 1. The van der Waals surface area contributed by atoms with Gasteiger partial charge in [-0.1, -0.05) is 24.3 Å². The molecule has 1 aromatic heterocycles. The summed E-state index contributed by atoms with van der Waals surface area (Å²) in [5.41, 5.74) is 0.459. The molecule has 0 bridgehead atoms. The third-order valence-corrected chi connectivity index (χ3v) is 3.58. The zero-order valence-electron chi connectivity index (χ0n) is 13.1. The summed E-state index contributed by atoms with van der Waals surface area (Å²) in [5.74, 6) is 0.393. The topological polar surface area (TPSA) is 70.4 Å². The normalized spacial score (nSPS) is 10.5. The van der Waals surface area contributed by atoms with Gasteiger partial charge in [-0.25, -0.2) is 4.98 Å². The number of hydrogen-bond acceptors (Lipinski definition) is 5. The zero-order valence-corrected chi connectivity index (χ0v) is 13.1. The van der Waals surface area contributed by atoms with Gasteiger partial charge < -0.3 is 9.47 Å². The standard InChI is InChI=1S/C18H16N2O4/c1-23-15-8-4-5-9-16(15)24-17(21)10-11-20-12-19-14-7-3-2-6-13(14)18(20)22/h2-9,12H,10-11H2,1H3. The van der Waals surface area contributed by atoms with E-state index in [-0.39, 0.29) is 18.5 Å². The molecule has 0 unspecified atom stereocenters. The fourth-order valence-corrected chi connectivity index (χ4v) is 2.35. The Kier molecular flexibility index (Phi) is 4.56. The number of aryl methyl sites for hydroxylation is 1. The van der Waals surface area contributed by atoms with Crippen molar-refractivity contribution in [1.29, 1.82) is 0 Å². The molecule has 1 heterocycles. The van der Waals surface area contributed by atoms with Crippen LogP contribution in [0.15, 0.2) is 59.7 Å². The Bertz CT molecular complexity index is 933. The van der Waals surface area contributed by atoms with Gasteiger partial charge in [0, 0.05) is 6.54 Å². The van der Waals surface area contributed by atoms with Gasteiger partial charge in [0.05, 0.1) is 30.8 Å². The van der Waals surface area contributed by atoms with E-state index in [1.54, 1.807) is 42.5 Å². The van der Waals surface area contributed by atoms with Crippen LogP contribution in [0.1, 0.15) is 6.42 Å². The third kappa shape index (κ3) is 3.27. The number of ether oxygens (including phenoxy) is 2. The molecule has 0 N–H and O–H groups in total. The lowest BCUT2D eigenvalue weighted by molar-refractivity contribution is -0.134. The molecular weight excluding hydrogens is 308 g/mol. The Morgan fingerprint density at radius 2 is 1.79 bits per heavy atom. The molecule has 0 spiro atoms.